The third-order valence-electron chi connectivity index (χ3n) is 3.58. The molecule has 0 N–H and O–H groups in total. The van der Waals surface area contributed by atoms with Crippen molar-refractivity contribution in [1.82, 2.24) is 20.0 Å². The van der Waals surface area contributed by atoms with Gasteiger partial charge in [-0.25, -0.2) is 4.98 Å². The summed E-state index contributed by atoms with van der Waals surface area (Å²) in [5.41, 5.74) is 0. The monoisotopic (exact) mass is 351 g/mol. The van der Waals surface area contributed by atoms with E-state index in [4.69, 9.17) is 4.52 Å². The van der Waals surface area contributed by atoms with Crippen LogP contribution in [0.15, 0.2) is 27.3 Å². The van der Waals surface area contributed by atoms with E-state index in [0.29, 0.717) is 5.89 Å². The van der Waals surface area contributed by atoms with Crippen molar-refractivity contribution in [3.05, 3.63) is 34.5 Å². The number of pyridine rings is 1. The Bertz CT molecular complexity index is 595. The first-order valence-electron chi connectivity index (χ1n) is 7.15. The van der Waals surface area contributed by atoms with Crippen molar-refractivity contribution in [2.45, 2.75) is 19.9 Å². The number of halogens is 1. The predicted molar refractivity (Wildman–Crippen MR) is 83.1 cm³/mol. The van der Waals surface area contributed by atoms with Gasteiger partial charge in [0.15, 0.2) is 5.82 Å². The molecule has 0 spiro atoms. The van der Waals surface area contributed by atoms with Gasteiger partial charge in [0.2, 0.25) is 5.89 Å². The molecule has 1 aliphatic rings. The maximum atomic E-state index is 5.15. The average Bonchev–Trinajstić information content (AvgIpc) is 2.96. The van der Waals surface area contributed by atoms with E-state index in [9.17, 15) is 0 Å². The SMILES string of the molecule is CCc1nc(CN2CCN(c3cc(Br)ccn3)CC2)no1. The van der Waals surface area contributed by atoms with Crippen LogP contribution in [0.2, 0.25) is 0 Å². The van der Waals surface area contributed by atoms with E-state index < -0.39 is 0 Å². The third kappa shape index (κ3) is 3.59. The van der Waals surface area contributed by atoms with E-state index in [2.05, 4.69) is 46.9 Å². The van der Waals surface area contributed by atoms with Crippen molar-refractivity contribution in [2.75, 3.05) is 31.1 Å². The van der Waals surface area contributed by atoms with Crippen molar-refractivity contribution < 1.29 is 4.52 Å². The second kappa shape index (κ2) is 6.53. The molecule has 2 aromatic heterocycles. The minimum atomic E-state index is 0.710. The third-order valence-corrected chi connectivity index (χ3v) is 4.07. The van der Waals surface area contributed by atoms with Crippen LogP contribution in [0.25, 0.3) is 0 Å². The Morgan fingerprint density at radius 2 is 2.10 bits per heavy atom. The fourth-order valence-electron chi connectivity index (χ4n) is 2.40. The van der Waals surface area contributed by atoms with Gasteiger partial charge in [0.05, 0.1) is 6.54 Å². The van der Waals surface area contributed by atoms with Crippen LogP contribution in [0.1, 0.15) is 18.6 Å². The lowest BCUT2D eigenvalue weighted by Gasteiger charge is -2.34. The molecule has 3 rings (SSSR count). The highest BCUT2D eigenvalue weighted by atomic mass is 79.9. The summed E-state index contributed by atoms with van der Waals surface area (Å²) >= 11 is 3.49. The molecule has 0 amide bonds. The van der Waals surface area contributed by atoms with Crippen LogP contribution in [0.5, 0.6) is 0 Å². The summed E-state index contributed by atoms with van der Waals surface area (Å²) in [5, 5.41) is 4.01. The fourth-order valence-corrected chi connectivity index (χ4v) is 2.72. The second-order valence-electron chi connectivity index (χ2n) is 5.05. The lowest BCUT2D eigenvalue weighted by Crippen LogP contribution is -2.46. The molecule has 1 fully saturated rings. The quantitative estimate of drug-likeness (QED) is 0.840. The van der Waals surface area contributed by atoms with Crippen molar-refractivity contribution in [3.8, 4) is 0 Å². The van der Waals surface area contributed by atoms with Crippen LogP contribution in [0, 0.1) is 0 Å². The molecule has 112 valence electrons. The van der Waals surface area contributed by atoms with Crippen LogP contribution in [0.3, 0.4) is 0 Å². The number of rotatable bonds is 4. The Hall–Kier alpha value is -1.47. The molecule has 7 heteroatoms. The van der Waals surface area contributed by atoms with E-state index in [1.54, 1.807) is 0 Å². The summed E-state index contributed by atoms with van der Waals surface area (Å²) in [5.74, 6) is 2.51. The minimum absolute atomic E-state index is 0.710. The maximum Gasteiger partial charge on any atom is 0.226 e. The van der Waals surface area contributed by atoms with E-state index in [1.807, 2.05) is 19.2 Å². The zero-order chi connectivity index (χ0) is 14.7. The lowest BCUT2D eigenvalue weighted by atomic mass is 10.3. The Kier molecular flexibility index (Phi) is 4.50. The molecule has 0 bridgehead atoms. The average molecular weight is 352 g/mol. The van der Waals surface area contributed by atoms with Gasteiger partial charge in [0.1, 0.15) is 5.82 Å². The number of piperazine rings is 1. The summed E-state index contributed by atoms with van der Waals surface area (Å²) in [7, 11) is 0. The van der Waals surface area contributed by atoms with Gasteiger partial charge in [-0.1, -0.05) is 28.0 Å². The maximum absolute atomic E-state index is 5.15. The second-order valence-corrected chi connectivity index (χ2v) is 5.97. The Balaban J connectivity index is 1.55. The lowest BCUT2D eigenvalue weighted by molar-refractivity contribution is 0.239. The number of hydrogen-bond acceptors (Lipinski definition) is 6. The Morgan fingerprint density at radius 1 is 1.29 bits per heavy atom. The van der Waals surface area contributed by atoms with Gasteiger partial charge >= 0.3 is 0 Å². The Morgan fingerprint density at radius 3 is 2.76 bits per heavy atom. The molecule has 0 aliphatic carbocycles. The molecule has 2 aromatic rings. The van der Waals surface area contributed by atoms with Crippen LogP contribution in [0.4, 0.5) is 5.82 Å². The van der Waals surface area contributed by atoms with Gasteiger partial charge in [-0.15, -0.1) is 0 Å². The first-order chi connectivity index (χ1) is 10.2. The van der Waals surface area contributed by atoms with Crippen molar-refractivity contribution in [1.29, 1.82) is 0 Å². The molecule has 0 unspecified atom stereocenters. The summed E-state index contributed by atoms with van der Waals surface area (Å²) < 4.78 is 6.21. The predicted octanol–water partition coefficient (Wildman–Crippen LogP) is 2.11. The Labute approximate surface area is 132 Å². The van der Waals surface area contributed by atoms with Crippen LogP contribution < -0.4 is 4.90 Å². The molecule has 0 atom stereocenters. The number of hydrogen-bond donors (Lipinski definition) is 0. The number of anilines is 1. The van der Waals surface area contributed by atoms with Gasteiger partial charge in [0, 0.05) is 43.3 Å². The number of nitrogens with zero attached hydrogens (tertiary/aromatic N) is 5. The molecule has 0 aromatic carbocycles. The molecule has 6 nitrogen and oxygen atoms in total. The highest BCUT2D eigenvalue weighted by Crippen LogP contribution is 2.18. The van der Waals surface area contributed by atoms with Gasteiger partial charge in [0.25, 0.3) is 0 Å². The standard InChI is InChI=1S/C14H18BrN5O/c1-2-14-17-12(18-21-14)10-19-5-7-20(8-6-19)13-9-11(15)3-4-16-13/h3-4,9H,2,5-8,10H2,1H3. The molecule has 1 aliphatic heterocycles. The zero-order valence-electron chi connectivity index (χ0n) is 12.0. The van der Waals surface area contributed by atoms with Crippen LogP contribution in [-0.4, -0.2) is 46.2 Å². The van der Waals surface area contributed by atoms with Crippen LogP contribution in [-0.2, 0) is 13.0 Å². The summed E-state index contributed by atoms with van der Waals surface area (Å²) in [6, 6.07) is 4.00. The largest absolute Gasteiger partial charge is 0.354 e. The van der Waals surface area contributed by atoms with Crippen molar-refractivity contribution in [3.63, 3.8) is 0 Å². The topological polar surface area (TPSA) is 58.3 Å². The number of aryl methyl sites for hydroxylation is 1. The molecular weight excluding hydrogens is 334 g/mol. The minimum Gasteiger partial charge on any atom is -0.354 e. The van der Waals surface area contributed by atoms with Gasteiger partial charge in [-0.2, -0.15) is 4.98 Å². The van der Waals surface area contributed by atoms with Gasteiger partial charge in [-0.3, -0.25) is 4.90 Å². The molecule has 21 heavy (non-hydrogen) atoms. The fraction of sp³-hybridized carbons (Fsp3) is 0.500. The number of aromatic nitrogens is 3. The van der Waals surface area contributed by atoms with E-state index in [-0.39, 0.29) is 0 Å². The van der Waals surface area contributed by atoms with Gasteiger partial charge in [-0.05, 0) is 12.1 Å². The molecule has 1 saturated heterocycles. The van der Waals surface area contributed by atoms with Crippen molar-refractivity contribution >= 4 is 21.7 Å². The summed E-state index contributed by atoms with van der Waals surface area (Å²) in [4.78, 5) is 13.4. The molecular formula is C14H18BrN5O. The van der Waals surface area contributed by atoms with Gasteiger partial charge < -0.3 is 9.42 Å². The molecule has 0 radical (unpaired) electrons. The first kappa shape index (κ1) is 14.5. The van der Waals surface area contributed by atoms with E-state index in [0.717, 1.165) is 55.3 Å². The van der Waals surface area contributed by atoms with E-state index >= 15 is 0 Å². The summed E-state index contributed by atoms with van der Waals surface area (Å²) in [6.07, 6.45) is 2.62. The van der Waals surface area contributed by atoms with Crippen molar-refractivity contribution in [2.24, 2.45) is 0 Å². The molecule has 0 saturated carbocycles. The van der Waals surface area contributed by atoms with E-state index in [1.165, 1.54) is 0 Å². The highest BCUT2D eigenvalue weighted by Gasteiger charge is 2.19. The normalized spacial score (nSPS) is 16.4. The van der Waals surface area contributed by atoms with Crippen LogP contribution >= 0.6 is 15.9 Å². The first-order valence-corrected chi connectivity index (χ1v) is 7.94. The summed E-state index contributed by atoms with van der Waals surface area (Å²) in [6.45, 7) is 6.64. The smallest absolute Gasteiger partial charge is 0.226 e. The molecule has 3 heterocycles. The highest BCUT2D eigenvalue weighted by molar-refractivity contribution is 9.10. The zero-order valence-corrected chi connectivity index (χ0v) is 13.6.